The Hall–Kier alpha value is -1.81. The van der Waals surface area contributed by atoms with Crippen LogP contribution in [0, 0.1) is 0 Å². The molecule has 0 spiro atoms. The summed E-state index contributed by atoms with van der Waals surface area (Å²) in [4.78, 5) is 14.1. The molecule has 1 aromatic carbocycles. The molecule has 2 heterocycles. The predicted molar refractivity (Wildman–Crippen MR) is 83.7 cm³/mol. The fourth-order valence-corrected chi connectivity index (χ4v) is 3.31. The van der Waals surface area contributed by atoms with E-state index < -0.39 is 0 Å². The van der Waals surface area contributed by atoms with E-state index in [2.05, 4.69) is 29.8 Å². The van der Waals surface area contributed by atoms with Crippen molar-refractivity contribution in [2.75, 3.05) is 27.2 Å². The Kier molecular flexibility index (Phi) is 3.72. The van der Waals surface area contributed by atoms with Crippen molar-refractivity contribution in [3.8, 4) is 0 Å². The third kappa shape index (κ3) is 2.56. The van der Waals surface area contributed by atoms with E-state index in [1.54, 1.807) is 0 Å². The summed E-state index contributed by atoms with van der Waals surface area (Å²) in [6.07, 6.45) is 4.58. The van der Waals surface area contributed by atoms with Gasteiger partial charge in [0.25, 0.3) is 0 Å². The first-order chi connectivity index (χ1) is 10.1. The molecule has 0 unspecified atom stereocenters. The highest BCUT2D eigenvalue weighted by atomic mass is 16.5. The van der Waals surface area contributed by atoms with Crippen molar-refractivity contribution in [1.82, 2.24) is 9.47 Å². The highest BCUT2D eigenvalue weighted by Crippen LogP contribution is 2.34. The summed E-state index contributed by atoms with van der Waals surface area (Å²) < 4.78 is 7.00. The van der Waals surface area contributed by atoms with Crippen LogP contribution in [-0.2, 0) is 11.8 Å². The third-order valence-electron chi connectivity index (χ3n) is 4.60. The molecule has 1 aliphatic rings. The van der Waals surface area contributed by atoms with Crippen LogP contribution in [-0.4, -0.2) is 42.7 Å². The predicted octanol–water partition coefficient (Wildman–Crippen LogP) is 2.77. The fourth-order valence-electron chi connectivity index (χ4n) is 3.31. The minimum atomic E-state index is -0.268. The number of ether oxygens (including phenoxy) is 1. The van der Waals surface area contributed by atoms with Crippen LogP contribution in [0.25, 0.3) is 10.9 Å². The second kappa shape index (κ2) is 5.53. The Morgan fingerprint density at radius 3 is 2.62 bits per heavy atom. The molecule has 0 saturated carbocycles. The van der Waals surface area contributed by atoms with Crippen molar-refractivity contribution in [2.24, 2.45) is 7.05 Å². The summed E-state index contributed by atoms with van der Waals surface area (Å²) >= 11 is 0. The van der Waals surface area contributed by atoms with Crippen LogP contribution < -0.4 is 0 Å². The molecule has 0 N–H and O–H groups in total. The van der Waals surface area contributed by atoms with E-state index in [9.17, 15) is 4.79 Å². The number of esters is 1. The van der Waals surface area contributed by atoms with E-state index in [1.807, 2.05) is 18.2 Å². The van der Waals surface area contributed by atoms with Crippen LogP contribution in [0.4, 0.5) is 0 Å². The molecule has 0 atom stereocenters. The quantitative estimate of drug-likeness (QED) is 0.796. The number of likely N-dealkylation sites (tertiary alicyclic amines) is 1. The highest BCUT2D eigenvalue weighted by molar-refractivity contribution is 5.96. The lowest BCUT2D eigenvalue weighted by molar-refractivity contribution is 0.0601. The average molecular weight is 286 g/mol. The van der Waals surface area contributed by atoms with E-state index in [1.165, 1.54) is 36.4 Å². The van der Waals surface area contributed by atoms with Gasteiger partial charge in [-0.15, -0.1) is 0 Å². The molecule has 1 aromatic heterocycles. The van der Waals surface area contributed by atoms with Gasteiger partial charge in [-0.1, -0.05) is 0 Å². The lowest BCUT2D eigenvalue weighted by atomic mass is 9.89. The maximum atomic E-state index is 11.8. The second-order valence-corrected chi connectivity index (χ2v) is 6.00. The first kappa shape index (κ1) is 14.1. The molecule has 3 rings (SSSR count). The van der Waals surface area contributed by atoms with Gasteiger partial charge >= 0.3 is 5.97 Å². The van der Waals surface area contributed by atoms with Gasteiger partial charge in [-0.3, -0.25) is 0 Å². The summed E-state index contributed by atoms with van der Waals surface area (Å²) in [5.41, 5.74) is 3.17. The molecule has 21 heavy (non-hydrogen) atoms. The standard InChI is InChI=1S/C17H22N2O2/c1-18-8-6-12(7-9-18)15-11-19(2)16-5-4-13(10-14(15)16)17(20)21-3/h4-5,10-12H,6-9H2,1-3H3. The van der Waals surface area contributed by atoms with Gasteiger partial charge in [0, 0.05) is 24.1 Å². The van der Waals surface area contributed by atoms with Gasteiger partial charge in [0.05, 0.1) is 12.7 Å². The van der Waals surface area contributed by atoms with Crippen LogP contribution in [0.15, 0.2) is 24.4 Å². The molecule has 0 bridgehead atoms. The number of hydrogen-bond acceptors (Lipinski definition) is 3. The number of nitrogens with zero attached hydrogens (tertiary/aromatic N) is 2. The van der Waals surface area contributed by atoms with Crippen molar-refractivity contribution in [2.45, 2.75) is 18.8 Å². The molecule has 1 aliphatic heterocycles. The topological polar surface area (TPSA) is 34.5 Å². The Morgan fingerprint density at radius 2 is 1.95 bits per heavy atom. The highest BCUT2D eigenvalue weighted by Gasteiger charge is 2.22. The molecular formula is C17H22N2O2. The third-order valence-corrected chi connectivity index (χ3v) is 4.60. The molecule has 4 nitrogen and oxygen atoms in total. The molecule has 4 heteroatoms. The molecule has 112 valence electrons. The maximum absolute atomic E-state index is 11.8. The number of rotatable bonds is 2. The van der Waals surface area contributed by atoms with E-state index in [4.69, 9.17) is 4.74 Å². The Bertz CT molecular complexity index is 667. The number of benzene rings is 1. The summed E-state index contributed by atoms with van der Waals surface area (Å²) in [6.45, 7) is 2.27. The lowest BCUT2D eigenvalue weighted by Gasteiger charge is -2.28. The lowest BCUT2D eigenvalue weighted by Crippen LogP contribution is -2.29. The number of hydrogen-bond donors (Lipinski definition) is 0. The number of aryl methyl sites for hydroxylation is 1. The summed E-state index contributed by atoms with van der Waals surface area (Å²) in [5, 5.41) is 1.19. The van der Waals surface area contributed by atoms with Gasteiger partial charge in [0.2, 0.25) is 0 Å². The molecule has 0 radical (unpaired) electrons. The minimum absolute atomic E-state index is 0.268. The van der Waals surface area contributed by atoms with Gasteiger partial charge in [-0.2, -0.15) is 0 Å². The van der Waals surface area contributed by atoms with Gasteiger partial charge in [-0.05, 0) is 62.7 Å². The molecule has 0 amide bonds. The number of carbonyl (C=O) groups is 1. The molecule has 0 aliphatic carbocycles. The first-order valence-electron chi connectivity index (χ1n) is 7.46. The number of carbonyl (C=O) groups excluding carboxylic acids is 1. The fraction of sp³-hybridized carbons (Fsp3) is 0.471. The number of aromatic nitrogens is 1. The smallest absolute Gasteiger partial charge is 0.337 e. The zero-order chi connectivity index (χ0) is 15.0. The maximum Gasteiger partial charge on any atom is 0.337 e. The summed E-state index contributed by atoms with van der Waals surface area (Å²) in [7, 11) is 5.67. The number of methoxy groups -OCH3 is 1. The molecular weight excluding hydrogens is 264 g/mol. The second-order valence-electron chi connectivity index (χ2n) is 6.00. The van der Waals surface area contributed by atoms with Gasteiger partial charge in [0.1, 0.15) is 0 Å². The van der Waals surface area contributed by atoms with Crippen LogP contribution in [0.1, 0.15) is 34.7 Å². The van der Waals surface area contributed by atoms with Gasteiger partial charge < -0.3 is 14.2 Å². The zero-order valence-electron chi connectivity index (χ0n) is 12.9. The van der Waals surface area contributed by atoms with E-state index in [0.717, 1.165) is 13.1 Å². The van der Waals surface area contributed by atoms with Crippen LogP contribution >= 0.6 is 0 Å². The minimum Gasteiger partial charge on any atom is -0.465 e. The van der Waals surface area contributed by atoms with Crippen molar-refractivity contribution < 1.29 is 9.53 Å². The van der Waals surface area contributed by atoms with Gasteiger partial charge in [0.15, 0.2) is 0 Å². The SMILES string of the molecule is COC(=O)c1ccc2c(c1)c(C1CCN(C)CC1)cn2C. The van der Waals surface area contributed by atoms with E-state index in [-0.39, 0.29) is 5.97 Å². The Labute approximate surface area is 125 Å². The number of piperidine rings is 1. The van der Waals surface area contributed by atoms with E-state index >= 15 is 0 Å². The first-order valence-corrected chi connectivity index (χ1v) is 7.46. The summed E-state index contributed by atoms with van der Waals surface area (Å²) in [6, 6.07) is 5.83. The number of fused-ring (bicyclic) bond motifs is 1. The van der Waals surface area contributed by atoms with Crippen LogP contribution in [0.2, 0.25) is 0 Å². The largest absolute Gasteiger partial charge is 0.465 e. The average Bonchev–Trinajstić information content (AvgIpc) is 2.84. The Balaban J connectivity index is 2.03. The van der Waals surface area contributed by atoms with E-state index in [0.29, 0.717) is 11.5 Å². The van der Waals surface area contributed by atoms with Crippen LogP contribution in [0.3, 0.4) is 0 Å². The van der Waals surface area contributed by atoms with Crippen molar-refractivity contribution in [3.63, 3.8) is 0 Å². The zero-order valence-corrected chi connectivity index (χ0v) is 12.9. The monoisotopic (exact) mass is 286 g/mol. The van der Waals surface area contributed by atoms with Crippen molar-refractivity contribution in [3.05, 3.63) is 35.5 Å². The summed E-state index contributed by atoms with van der Waals surface area (Å²) in [5.74, 6) is 0.313. The molecule has 1 saturated heterocycles. The van der Waals surface area contributed by atoms with Gasteiger partial charge in [-0.25, -0.2) is 4.79 Å². The van der Waals surface area contributed by atoms with Crippen LogP contribution in [0.5, 0.6) is 0 Å². The Morgan fingerprint density at radius 1 is 1.24 bits per heavy atom. The van der Waals surface area contributed by atoms with Crippen molar-refractivity contribution in [1.29, 1.82) is 0 Å². The molecule has 1 fully saturated rings. The molecule has 2 aromatic rings. The normalized spacial score (nSPS) is 17.3. The van der Waals surface area contributed by atoms with Crippen molar-refractivity contribution >= 4 is 16.9 Å².